The Morgan fingerprint density at radius 2 is 1.85 bits per heavy atom. The predicted octanol–water partition coefficient (Wildman–Crippen LogP) is 6.75. The smallest absolute Gasteiger partial charge is 0.379 e. The topological polar surface area (TPSA) is 45.4 Å². The van der Waals surface area contributed by atoms with Gasteiger partial charge in [-0.15, -0.1) is 0 Å². The van der Waals surface area contributed by atoms with Crippen molar-refractivity contribution in [3.63, 3.8) is 0 Å². The van der Waals surface area contributed by atoms with E-state index in [4.69, 9.17) is 4.74 Å². The second-order valence-corrected chi connectivity index (χ2v) is 14.4. The van der Waals surface area contributed by atoms with E-state index in [1.165, 1.54) is 46.9 Å². The van der Waals surface area contributed by atoms with Crippen molar-refractivity contribution in [3.05, 3.63) is 69.9 Å². The molecule has 0 bridgehead atoms. The normalized spacial score (nSPS) is 24.5. The summed E-state index contributed by atoms with van der Waals surface area (Å²) in [5, 5.41) is 4.91. The summed E-state index contributed by atoms with van der Waals surface area (Å²) in [6.45, 7) is 12.1. The third-order valence-electron chi connectivity index (χ3n) is 10.6. The second-order valence-electron chi connectivity index (χ2n) is 14.4. The zero-order chi connectivity index (χ0) is 32.6. The van der Waals surface area contributed by atoms with Crippen LogP contribution in [0.25, 0.3) is 11.2 Å². The van der Waals surface area contributed by atoms with Crippen LogP contribution in [0.4, 0.5) is 13.2 Å². The fourth-order valence-electron chi connectivity index (χ4n) is 8.10. The van der Waals surface area contributed by atoms with Crippen LogP contribution in [0.5, 0.6) is 0 Å². The number of fused-ring (bicyclic) bond motifs is 1. The lowest BCUT2D eigenvalue weighted by atomic mass is 9.72. The Bertz CT molecular complexity index is 1560. The molecule has 3 aliphatic heterocycles. The highest BCUT2D eigenvalue weighted by Gasteiger charge is 2.47. The molecule has 0 N–H and O–H groups in total. The van der Waals surface area contributed by atoms with Gasteiger partial charge in [-0.25, -0.2) is 14.8 Å². The molecular weight excluding hydrogens is 591 g/mol. The molecular formula is C36H50F3N5O2. The quantitative estimate of drug-likeness (QED) is 0.217. The van der Waals surface area contributed by atoms with E-state index < -0.39 is 17.4 Å². The summed E-state index contributed by atoms with van der Waals surface area (Å²) in [6.07, 6.45) is 6.32. The van der Waals surface area contributed by atoms with E-state index >= 15 is 0 Å². The van der Waals surface area contributed by atoms with Crippen LogP contribution >= 0.6 is 0 Å². The van der Waals surface area contributed by atoms with E-state index in [0.717, 1.165) is 51.0 Å². The van der Waals surface area contributed by atoms with Crippen LogP contribution in [0.3, 0.4) is 0 Å². The molecule has 10 heteroatoms. The monoisotopic (exact) mass is 641 g/mol. The number of ether oxygens (including phenoxy) is 1. The molecule has 1 aromatic carbocycles. The minimum absolute atomic E-state index is 0.123. The highest BCUT2D eigenvalue weighted by atomic mass is 19.4. The number of rotatable bonds is 11. The van der Waals surface area contributed by atoms with Crippen molar-refractivity contribution >= 4 is 5.52 Å². The first-order valence-corrected chi connectivity index (χ1v) is 17.2. The van der Waals surface area contributed by atoms with E-state index in [2.05, 4.69) is 48.8 Å². The van der Waals surface area contributed by atoms with Crippen LogP contribution < -0.4 is 5.69 Å². The molecule has 46 heavy (non-hydrogen) atoms. The maximum Gasteiger partial charge on any atom is 0.418 e. The minimum Gasteiger partial charge on any atom is -0.379 e. The number of alkyl halides is 3. The predicted molar refractivity (Wildman–Crippen MR) is 175 cm³/mol. The van der Waals surface area contributed by atoms with Gasteiger partial charge in [-0.05, 0) is 73.4 Å². The third kappa shape index (κ3) is 6.68. The lowest BCUT2D eigenvalue weighted by Crippen LogP contribution is -2.52. The summed E-state index contributed by atoms with van der Waals surface area (Å²) in [6, 6.07) is 9.40. The van der Waals surface area contributed by atoms with Gasteiger partial charge in [0, 0.05) is 57.1 Å². The summed E-state index contributed by atoms with van der Waals surface area (Å²) in [5.74, 6) is 1.01. The number of hydrogen-bond acceptors (Lipinski definition) is 5. The number of unbranched alkanes of at least 4 members (excludes halogenated alkanes) is 3. The minimum atomic E-state index is -4.59. The Kier molecular flexibility index (Phi) is 9.72. The fourth-order valence-corrected chi connectivity index (χ4v) is 8.10. The van der Waals surface area contributed by atoms with Crippen molar-refractivity contribution in [1.29, 1.82) is 0 Å². The van der Waals surface area contributed by atoms with Crippen LogP contribution in [-0.4, -0.2) is 76.4 Å². The van der Waals surface area contributed by atoms with E-state index in [-0.39, 0.29) is 10.9 Å². The molecule has 5 heterocycles. The molecule has 0 saturated carbocycles. The van der Waals surface area contributed by atoms with Gasteiger partial charge in [0.15, 0.2) is 0 Å². The molecule has 7 nitrogen and oxygen atoms in total. The Hall–Kier alpha value is -2.66. The molecule has 252 valence electrons. The van der Waals surface area contributed by atoms with E-state index in [1.807, 2.05) is 18.2 Å². The van der Waals surface area contributed by atoms with Crippen LogP contribution in [0.2, 0.25) is 0 Å². The lowest BCUT2D eigenvalue weighted by molar-refractivity contribution is -0.136. The number of halogens is 3. The molecule has 3 fully saturated rings. The molecule has 2 unspecified atom stereocenters. The van der Waals surface area contributed by atoms with E-state index in [9.17, 15) is 18.0 Å². The van der Waals surface area contributed by atoms with Crippen molar-refractivity contribution in [2.75, 3.05) is 46.4 Å². The molecule has 3 aromatic rings. The molecule has 6 rings (SSSR count). The lowest BCUT2D eigenvalue weighted by Gasteiger charge is -2.46. The number of likely N-dealkylation sites (tertiary alicyclic amines) is 1. The van der Waals surface area contributed by atoms with Crippen LogP contribution in [-0.2, 0) is 22.9 Å². The number of piperidine rings is 1. The van der Waals surface area contributed by atoms with Gasteiger partial charge in [-0.1, -0.05) is 52.2 Å². The average Bonchev–Trinajstić information content (AvgIpc) is 3.46. The number of imidazole rings is 1. The van der Waals surface area contributed by atoms with Gasteiger partial charge in [0.25, 0.3) is 0 Å². The van der Waals surface area contributed by atoms with Crippen molar-refractivity contribution in [2.24, 2.45) is 11.8 Å². The molecule has 2 aromatic heterocycles. The number of hydrogen-bond donors (Lipinski definition) is 0. The Labute approximate surface area is 270 Å². The largest absolute Gasteiger partial charge is 0.418 e. The first-order valence-electron chi connectivity index (χ1n) is 17.2. The maximum atomic E-state index is 14.4. The molecule has 3 saturated heterocycles. The van der Waals surface area contributed by atoms with Gasteiger partial charge >= 0.3 is 11.9 Å². The summed E-state index contributed by atoms with van der Waals surface area (Å²) in [5.41, 5.74) is 0.552. The Morgan fingerprint density at radius 3 is 2.54 bits per heavy atom. The van der Waals surface area contributed by atoms with Gasteiger partial charge in [0.05, 0.1) is 30.0 Å². The van der Waals surface area contributed by atoms with Gasteiger partial charge < -0.3 is 4.74 Å². The third-order valence-corrected chi connectivity index (χ3v) is 10.6. The molecule has 0 spiro atoms. The molecule has 0 amide bonds. The summed E-state index contributed by atoms with van der Waals surface area (Å²) in [4.78, 5) is 16.0. The van der Waals surface area contributed by atoms with Crippen LogP contribution in [0.1, 0.15) is 82.4 Å². The number of pyridine rings is 1. The number of hydrazine groups is 1. The zero-order valence-electron chi connectivity index (χ0n) is 27.9. The van der Waals surface area contributed by atoms with Crippen molar-refractivity contribution in [3.8, 4) is 5.69 Å². The number of nitrogens with zero attached hydrogens (tertiary/aromatic N) is 5. The highest BCUT2D eigenvalue weighted by Crippen LogP contribution is 2.42. The number of benzene rings is 1. The van der Waals surface area contributed by atoms with E-state index in [1.54, 1.807) is 6.20 Å². The summed E-state index contributed by atoms with van der Waals surface area (Å²) < 4.78 is 51.6. The number of aromatic nitrogens is 2. The first-order chi connectivity index (χ1) is 22.0. The average molecular weight is 642 g/mol. The van der Waals surface area contributed by atoms with Gasteiger partial charge in [0.2, 0.25) is 0 Å². The van der Waals surface area contributed by atoms with Crippen LogP contribution in [0.15, 0.2) is 47.5 Å². The van der Waals surface area contributed by atoms with Crippen molar-refractivity contribution in [1.82, 2.24) is 23.9 Å². The van der Waals surface area contributed by atoms with Gasteiger partial charge in [-0.3, -0.25) is 13.9 Å². The highest BCUT2D eigenvalue weighted by molar-refractivity contribution is 5.58. The van der Waals surface area contributed by atoms with Gasteiger partial charge in [0.1, 0.15) is 0 Å². The SMILES string of the molecule is CCCCCCN1C(CC2(c3cccc(-n4cc5c(C(F)(F)F)cc(CN6CCC[C@H](C)C6)cn5c4=O)c3)COC2)C(C)CN1C. The molecule has 0 aliphatic carbocycles. The maximum absolute atomic E-state index is 14.4. The van der Waals surface area contributed by atoms with Crippen LogP contribution in [0, 0.1) is 11.8 Å². The summed E-state index contributed by atoms with van der Waals surface area (Å²) in [7, 11) is 2.18. The molecule has 3 aliphatic rings. The fraction of sp³-hybridized carbons (Fsp3) is 0.639. The Balaban J connectivity index is 1.31. The second kappa shape index (κ2) is 13.5. The van der Waals surface area contributed by atoms with E-state index in [0.29, 0.717) is 48.9 Å². The molecule has 3 atom stereocenters. The standard InChI is InChI=1S/C36H50F3N5O2/c1-5-6-7-8-15-44-32(27(3)20-40(44)4)18-35(24-46-25-35)29-12-9-13-30(17-29)42-23-33-31(36(37,38)39)16-28(22-43(33)34(42)45)21-41-14-10-11-26(2)19-41/h9,12-13,16-17,22-23,26-27,32H,5-8,10-11,14-15,18-21,24-25H2,1-4H3/t26-,27?,32?/m0/s1. The molecule has 0 radical (unpaired) electrons. The van der Waals surface area contributed by atoms with Crippen molar-refractivity contribution in [2.45, 2.75) is 89.9 Å². The summed E-state index contributed by atoms with van der Waals surface area (Å²) >= 11 is 0. The zero-order valence-corrected chi connectivity index (χ0v) is 27.9. The van der Waals surface area contributed by atoms with Gasteiger partial charge in [-0.2, -0.15) is 13.2 Å². The first kappa shape index (κ1) is 33.2. The van der Waals surface area contributed by atoms with Crippen molar-refractivity contribution < 1.29 is 17.9 Å². The Morgan fingerprint density at radius 1 is 1.04 bits per heavy atom.